The van der Waals surface area contributed by atoms with Gasteiger partial charge >= 0.3 is 0 Å². The third kappa shape index (κ3) is 4.15. The van der Waals surface area contributed by atoms with E-state index in [2.05, 4.69) is 34.4 Å². The predicted molar refractivity (Wildman–Crippen MR) is 110 cm³/mol. The lowest BCUT2D eigenvalue weighted by Crippen LogP contribution is -2.52. The maximum atomic E-state index is 12.9. The SMILES string of the molecule is CCn1ccc2cc(C(=O)NC(C3CCNCC3)C3CC(O)C3)ccc21.Cl. The van der Waals surface area contributed by atoms with Crippen LogP contribution in [0.2, 0.25) is 0 Å². The Kier molecular flexibility index (Phi) is 6.45. The number of aryl methyl sites for hydroxylation is 1. The lowest BCUT2D eigenvalue weighted by atomic mass is 9.71. The topological polar surface area (TPSA) is 66.3 Å². The molecule has 2 aromatic rings. The number of rotatable bonds is 5. The van der Waals surface area contributed by atoms with E-state index in [1.54, 1.807) is 0 Å². The number of aliphatic hydroxyl groups excluding tert-OH is 1. The number of halogens is 1. The predicted octanol–water partition coefficient (Wildman–Crippen LogP) is 2.95. The monoisotopic (exact) mass is 391 g/mol. The Morgan fingerprint density at radius 2 is 2.00 bits per heavy atom. The van der Waals surface area contributed by atoms with Crippen LogP contribution in [0.15, 0.2) is 30.5 Å². The summed E-state index contributed by atoms with van der Waals surface area (Å²) in [6.07, 6.45) is 5.69. The summed E-state index contributed by atoms with van der Waals surface area (Å²) in [7, 11) is 0. The molecule has 2 aliphatic rings. The Labute approximate surface area is 166 Å². The zero-order valence-corrected chi connectivity index (χ0v) is 16.7. The number of aromatic nitrogens is 1. The van der Waals surface area contributed by atoms with Crippen LogP contribution < -0.4 is 10.6 Å². The van der Waals surface area contributed by atoms with Crippen molar-refractivity contribution in [2.45, 2.75) is 51.3 Å². The molecule has 148 valence electrons. The molecule has 1 saturated heterocycles. The van der Waals surface area contributed by atoms with Crippen molar-refractivity contribution < 1.29 is 9.90 Å². The van der Waals surface area contributed by atoms with Gasteiger partial charge in [0.05, 0.1) is 6.10 Å². The summed E-state index contributed by atoms with van der Waals surface area (Å²) >= 11 is 0. The van der Waals surface area contributed by atoms with Gasteiger partial charge in [0, 0.05) is 35.2 Å². The summed E-state index contributed by atoms with van der Waals surface area (Å²) in [4.78, 5) is 12.9. The number of aliphatic hydroxyl groups is 1. The second kappa shape index (κ2) is 8.63. The minimum absolute atomic E-state index is 0. The van der Waals surface area contributed by atoms with Gasteiger partial charge in [0.1, 0.15) is 0 Å². The van der Waals surface area contributed by atoms with Gasteiger partial charge in [-0.2, -0.15) is 0 Å². The molecule has 4 rings (SSSR count). The summed E-state index contributed by atoms with van der Waals surface area (Å²) in [5.41, 5.74) is 1.89. The molecule has 5 nitrogen and oxygen atoms in total. The van der Waals surface area contributed by atoms with Gasteiger partial charge in [0.15, 0.2) is 0 Å². The van der Waals surface area contributed by atoms with Gasteiger partial charge in [-0.1, -0.05) is 0 Å². The van der Waals surface area contributed by atoms with Crippen molar-refractivity contribution >= 4 is 29.2 Å². The van der Waals surface area contributed by atoms with Gasteiger partial charge in [0.2, 0.25) is 0 Å². The molecular formula is C21H30ClN3O2. The Morgan fingerprint density at radius 1 is 1.26 bits per heavy atom. The number of carbonyl (C=O) groups is 1. The molecule has 1 saturated carbocycles. The fraction of sp³-hybridized carbons (Fsp3) is 0.571. The molecule has 1 aromatic heterocycles. The van der Waals surface area contributed by atoms with Gasteiger partial charge in [-0.05, 0) is 81.8 Å². The van der Waals surface area contributed by atoms with Crippen LogP contribution >= 0.6 is 12.4 Å². The largest absolute Gasteiger partial charge is 0.393 e. The Hall–Kier alpha value is -1.56. The van der Waals surface area contributed by atoms with Crippen LogP contribution in [0.4, 0.5) is 0 Å². The van der Waals surface area contributed by atoms with E-state index in [-0.39, 0.29) is 30.5 Å². The number of carbonyl (C=O) groups excluding carboxylic acids is 1. The molecule has 1 aromatic carbocycles. The van der Waals surface area contributed by atoms with Crippen LogP contribution in [0.3, 0.4) is 0 Å². The summed E-state index contributed by atoms with van der Waals surface area (Å²) in [5.74, 6) is 0.922. The van der Waals surface area contributed by atoms with Crippen LogP contribution in [-0.2, 0) is 6.54 Å². The molecular weight excluding hydrogens is 362 g/mol. The van der Waals surface area contributed by atoms with Crippen molar-refractivity contribution in [3.8, 4) is 0 Å². The highest BCUT2D eigenvalue weighted by Crippen LogP contribution is 2.36. The summed E-state index contributed by atoms with van der Waals surface area (Å²) in [6.45, 7) is 5.08. The minimum atomic E-state index is -0.189. The third-order valence-electron chi connectivity index (χ3n) is 6.22. The van der Waals surface area contributed by atoms with Crippen LogP contribution in [0, 0.1) is 11.8 Å². The fourth-order valence-electron chi connectivity index (χ4n) is 4.60. The maximum absolute atomic E-state index is 12.9. The van der Waals surface area contributed by atoms with E-state index in [1.807, 2.05) is 18.2 Å². The average molecular weight is 392 g/mol. The maximum Gasteiger partial charge on any atom is 0.251 e. The fourth-order valence-corrected chi connectivity index (χ4v) is 4.60. The van der Waals surface area contributed by atoms with E-state index < -0.39 is 0 Å². The van der Waals surface area contributed by atoms with Crippen molar-refractivity contribution in [3.05, 3.63) is 36.0 Å². The Balaban J connectivity index is 0.00000210. The molecule has 1 aliphatic carbocycles. The second-order valence-electron chi connectivity index (χ2n) is 7.85. The third-order valence-corrected chi connectivity index (χ3v) is 6.22. The molecule has 1 amide bonds. The molecule has 27 heavy (non-hydrogen) atoms. The van der Waals surface area contributed by atoms with Gasteiger partial charge in [-0.15, -0.1) is 12.4 Å². The van der Waals surface area contributed by atoms with E-state index in [4.69, 9.17) is 0 Å². The number of fused-ring (bicyclic) bond motifs is 1. The van der Waals surface area contributed by atoms with E-state index >= 15 is 0 Å². The molecule has 1 unspecified atom stereocenters. The number of hydrogen-bond donors (Lipinski definition) is 3. The van der Waals surface area contributed by atoms with Crippen molar-refractivity contribution in [1.29, 1.82) is 0 Å². The van der Waals surface area contributed by atoms with Crippen LogP contribution in [0.25, 0.3) is 10.9 Å². The number of nitrogens with one attached hydrogen (secondary N) is 2. The van der Waals surface area contributed by atoms with Crippen molar-refractivity contribution in [2.75, 3.05) is 13.1 Å². The lowest BCUT2D eigenvalue weighted by Gasteiger charge is -2.43. The van der Waals surface area contributed by atoms with Crippen molar-refractivity contribution in [2.24, 2.45) is 11.8 Å². The number of benzene rings is 1. The zero-order chi connectivity index (χ0) is 18.1. The standard InChI is InChI=1S/C21H29N3O2.ClH/c1-2-24-10-7-15-11-16(3-4-19(15)24)21(26)23-20(17-12-18(25)13-17)14-5-8-22-9-6-14;/h3-4,7,10-11,14,17-18,20,22,25H,2,5-6,8-9,12-13H2,1H3,(H,23,26);1H. The molecule has 1 aliphatic heterocycles. The summed E-state index contributed by atoms with van der Waals surface area (Å²) < 4.78 is 2.19. The normalized spacial score (nSPS) is 24.1. The number of nitrogens with zero attached hydrogens (tertiary/aromatic N) is 1. The molecule has 1 atom stereocenters. The smallest absolute Gasteiger partial charge is 0.251 e. The highest BCUT2D eigenvalue weighted by Gasteiger charge is 2.39. The molecule has 0 bridgehead atoms. The van der Waals surface area contributed by atoms with Crippen LogP contribution in [0.1, 0.15) is 43.0 Å². The number of piperidine rings is 1. The molecule has 6 heteroatoms. The van der Waals surface area contributed by atoms with Crippen molar-refractivity contribution in [3.63, 3.8) is 0 Å². The minimum Gasteiger partial charge on any atom is -0.393 e. The van der Waals surface area contributed by atoms with E-state index in [0.717, 1.165) is 56.3 Å². The first-order chi connectivity index (χ1) is 12.7. The molecule has 2 fully saturated rings. The number of amides is 1. The quantitative estimate of drug-likeness (QED) is 0.734. The van der Waals surface area contributed by atoms with E-state index in [9.17, 15) is 9.90 Å². The van der Waals surface area contributed by atoms with Crippen LogP contribution in [0.5, 0.6) is 0 Å². The Morgan fingerprint density at radius 3 is 2.67 bits per heavy atom. The van der Waals surface area contributed by atoms with E-state index in [0.29, 0.717) is 11.8 Å². The van der Waals surface area contributed by atoms with Gasteiger partial charge < -0.3 is 20.3 Å². The van der Waals surface area contributed by atoms with Gasteiger partial charge in [0.25, 0.3) is 5.91 Å². The highest BCUT2D eigenvalue weighted by molar-refractivity contribution is 5.98. The zero-order valence-electron chi connectivity index (χ0n) is 15.9. The molecule has 3 N–H and O–H groups in total. The average Bonchev–Trinajstić information content (AvgIpc) is 3.06. The second-order valence-corrected chi connectivity index (χ2v) is 7.85. The summed E-state index contributed by atoms with van der Waals surface area (Å²) in [6, 6.07) is 8.21. The first-order valence-electron chi connectivity index (χ1n) is 9.94. The van der Waals surface area contributed by atoms with Gasteiger partial charge in [-0.3, -0.25) is 4.79 Å². The lowest BCUT2D eigenvalue weighted by molar-refractivity contribution is 0.00919. The highest BCUT2D eigenvalue weighted by atomic mass is 35.5. The van der Waals surface area contributed by atoms with Crippen molar-refractivity contribution in [1.82, 2.24) is 15.2 Å². The Bertz CT molecular complexity index is 779. The first-order valence-corrected chi connectivity index (χ1v) is 9.94. The molecule has 2 heterocycles. The molecule has 0 radical (unpaired) electrons. The van der Waals surface area contributed by atoms with Gasteiger partial charge in [-0.25, -0.2) is 0 Å². The van der Waals surface area contributed by atoms with Crippen LogP contribution in [-0.4, -0.2) is 40.8 Å². The van der Waals surface area contributed by atoms with E-state index in [1.165, 1.54) is 5.52 Å². The molecule has 0 spiro atoms. The first kappa shape index (κ1) is 20.2. The number of hydrogen-bond acceptors (Lipinski definition) is 3. The summed E-state index contributed by atoms with van der Waals surface area (Å²) in [5, 5.41) is 17.6.